The highest BCUT2D eigenvalue weighted by Gasteiger charge is 2.04. The number of benzene rings is 1. The number of aromatic nitrogens is 1. The molecule has 0 amide bonds. The second-order valence-electron chi connectivity index (χ2n) is 3.70. The lowest BCUT2D eigenvalue weighted by atomic mass is 10.1. The lowest BCUT2D eigenvalue weighted by Crippen LogP contribution is -1.93. The minimum Gasteiger partial charge on any atom is -0.492 e. The summed E-state index contributed by atoms with van der Waals surface area (Å²) in [5, 5.41) is 0.447. The molecule has 0 unspecified atom stereocenters. The van der Waals surface area contributed by atoms with Crippen molar-refractivity contribution in [1.82, 2.24) is 4.98 Å². The van der Waals surface area contributed by atoms with E-state index >= 15 is 0 Å². The summed E-state index contributed by atoms with van der Waals surface area (Å²) in [6.45, 7) is 2.50. The monoisotopic (exact) mass is 261 g/mol. The standard InChI is InChI=1S/C14H12ClNO2/c1-2-18-13-6-11(7-16-8-13)10-3-4-14(15)12(5-10)9-17/h3-9H,2H2,1H3. The first kappa shape index (κ1) is 12.6. The van der Waals surface area contributed by atoms with E-state index in [2.05, 4.69) is 4.98 Å². The molecular formula is C14H12ClNO2. The molecule has 0 bridgehead atoms. The topological polar surface area (TPSA) is 39.2 Å². The number of hydrogen-bond donors (Lipinski definition) is 0. The molecule has 0 N–H and O–H groups in total. The van der Waals surface area contributed by atoms with Crippen LogP contribution in [0.15, 0.2) is 36.7 Å². The Morgan fingerprint density at radius 2 is 2.11 bits per heavy atom. The van der Waals surface area contributed by atoms with Crippen LogP contribution in [0.1, 0.15) is 17.3 Å². The molecule has 1 heterocycles. The Hall–Kier alpha value is -1.87. The average molecular weight is 262 g/mol. The summed E-state index contributed by atoms with van der Waals surface area (Å²) in [4.78, 5) is 15.0. The van der Waals surface area contributed by atoms with E-state index in [1.807, 2.05) is 19.1 Å². The third-order valence-electron chi connectivity index (χ3n) is 2.48. The summed E-state index contributed by atoms with van der Waals surface area (Å²) < 4.78 is 5.39. The molecule has 3 nitrogen and oxygen atoms in total. The van der Waals surface area contributed by atoms with Gasteiger partial charge in [0.2, 0.25) is 0 Å². The predicted octanol–water partition coefficient (Wildman–Crippen LogP) is 3.61. The van der Waals surface area contributed by atoms with E-state index in [-0.39, 0.29) is 0 Å². The molecule has 18 heavy (non-hydrogen) atoms. The smallest absolute Gasteiger partial charge is 0.151 e. The molecule has 0 radical (unpaired) electrons. The SMILES string of the molecule is CCOc1cncc(-c2ccc(Cl)c(C=O)c2)c1. The van der Waals surface area contributed by atoms with Gasteiger partial charge in [0.15, 0.2) is 6.29 Å². The van der Waals surface area contributed by atoms with Crippen molar-refractivity contribution in [3.8, 4) is 16.9 Å². The Labute approximate surface area is 110 Å². The number of carbonyl (C=O) groups is 1. The Morgan fingerprint density at radius 1 is 1.28 bits per heavy atom. The van der Waals surface area contributed by atoms with Crippen LogP contribution in [0.4, 0.5) is 0 Å². The van der Waals surface area contributed by atoms with E-state index in [4.69, 9.17) is 16.3 Å². The van der Waals surface area contributed by atoms with Crippen molar-refractivity contribution in [3.05, 3.63) is 47.2 Å². The van der Waals surface area contributed by atoms with E-state index in [1.54, 1.807) is 24.5 Å². The first-order valence-corrected chi connectivity index (χ1v) is 5.95. The molecule has 1 aromatic carbocycles. The maximum Gasteiger partial charge on any atom is 0.151 e. The van der Waals surface area contributed by atoms with E-state index in [1.165, 1.54) is 0 Å². The van der Waals surface area contributed by atoms with Gasteiger partial charge >= 0.3 is 0 Å². The molecule has 0 aliphatic heterocycles. The number of pyridine rings is 1. The van der Waals surface area contributed by atoms with Crippen molar-refractivity contribution in [2.24, 2.45) is 0 Å². The van der Waals surface area contributed by atoms with Crippen molar-refractivity contribution in [2.75, 3.05) is 6.61 Å². The van der Waals surface area contributed by atoms with Gasteiger partial charge in [-0.2, -0.15) is 0 Å². The molecule has 0 atom stereocenters. The van der Waals surface area contributed by atoms with Crippen LogP contribution in [-0.2, 0) is 0 Å². The van der Waals surface area contributed by atoms with Crippen LogP contribution >= 0.6 is 11.6 Å². The van der Waals surface area contributed by atoms with Gasteiger partial charge in [0, 0.05) is 17.3 Å². The molecule has 0 spiro atoms. The van der Waals surface area contributed by atoms with Gasteiger partial charge in [0.1, 0.15) is 5.75 Å². The summed E-state index contributed by atoms with van der Waals surface area (Å²) in [5.74, 6) is 0.706. The van der Waals surface area contributed by atoms with E-state index in [0.29, 0.717) is 22.9 Å². The van der Waals surface area contributed by atoms with Crippen LogP contribution in [0.5, 0.6) is 5.75 Å². The van der Waals surface area contributed by atoms with Crippen LogP contribution in [-0.4, -0.2) is 17.9 Å². The third kappa shape index (κ3) is 2.68. The predicted molar refractivity (Wildman–Crippen MR) is 71.2 cm³/mol. The zero-order valence-electron chi connectivity index (χ0n) is 9.89. The van der Waals surface area contributed by atoms with Gasteiger partial charge in [-0.25, -0.2) is 0 Å². The Bertz CT molecular complexity index is 569. The Morgan fingerprint density at radius 3 is 2.83 bits per heavy atom. The highest BCUT2D eigenvalue weighted by atomic mass is 35.5. The fraction of sp³-hybridized carbons (Fsp3) is 0.143. The number of halogens is 1. The van der Waals surface area contributed by atoms with Crippen LogP contribution in [0, 0.1) is 0 Å². The maximum absolute atomic E-state index is 10.9. The molecule has 0 saturated carbocycles. The normalized spacial score (nSPS) is 10.1. The van der Waals surface area contributed by atoms with Crippen molar-refractivity contribution in [2.45, 2.75) is 6.92 Å². The van der Waals surface area contributed by atoms with Gasteiger partial charge < -0.3 is 4.74 Å². The lowest BCUT2D eigenvalue weighted by Gasteiger charge is -2.06. The van der Waals surface area contributed by atoms with Crippen molar-refractivity contribution in [3.63, 3.8) is 0 Å². The lowest BCUT2D eigenvalue weighted by molar-refractivity contribution is 0.112. The molecule has 2 rings (SSSR count). The highest BCUT2D eigenvalue weighted by molar-refractivity contribution is 6.33. The molecule has 92 valence electrons. The maximum atomic E-state index is 10.9. The summed E-state index contributed by atoms with van der Waals surface area (Å²) in [6, 6.07) is 7.17. The fourth-order valence-electron chi connectivity index (χ4n) is 1.64. The molecule has 1 aromatic heterocycles. The summed E-state index contributed by atoms with van der Waals surface area (Å²) >= 11 is 5.89. The fourth-order valence-corrected chi connectivity index (χ4v) is 1.80. The van der Waals surface area contributed by atoms with Gasteiger partial charge in [-0.1, -0.05) is 17.7 Å². The first-order valence-electron chi connectivity index (χ1n) is 5.57. The number of aldehydes is 1. The van der Waals surface area contributed by atoms with Crippen LogP contribution in [0.2, 0.25) is 5.02 Å². The van der Waals surface area contributed by atoms with Crippen LogP contribution < -0.4 is 4.74 Å². The van der Waals surface area contributed by atoms with Crippen molar-refractivity contribution >= 4 is 17.9 Å². The summed E-state index contributed by atoms with van der Waals surface area (Å²) in [7, 11) is 0. The summed E-state index contributed by atoms with van der Waals surface area (Å²) in [6.07, 6.45) is 4.12. The number of nitrogens with zero attached hydrogens (tertiary/aromatic N) is 1. The minimum atomic E-state index is 0.447. The average Bonchev–Trinajstić information content (AvgIpc) is 2.40. The highest BCUT2D eigenvalue weighted by Crippen LogP contribution is 2.26. The zero-order valence-corrected chi connectivity index (χ0v) is 10.6. The van der Waals surface area contributed by atoms with E-state index in [0.717, 1.165) is 17.4 Å². The second kappa shape index (κ2) is 5.65. The van der Waals surface area contributed by atoms with Crippen LogP contribution in [0.25, 0.3) is 11.1 Å². The van der Waals surface area contributed by atoms with Crippen LogP contribution in [0.3, 0.4) is 0 Å². The van der Waals surface area contributed by atoms with Gasteiger partial charge in [-0.15, -0.1) is 0 Å². The Balaban J connectivity index is 2.41. The van der Waals surface area contributed by atoms with Gasteiger partial charge in [-0.05, 0) is 30.7 Å². The van der Waals surface area contributed by atoms with Gasteiger partial charge in [0.25, 0.3) is 0 Å². The van der Waals surface area contributed by atoms with Crippen molar-refractivity contribution < 1.29 is 9.53 Å². The third-order valence-corrected chi connectivity index (χ3v) is 2.82. The number of carbonyl (C=O) groups excluding carboxylic acids is 1. The second-order valence-corrected chi connectivity index (χ2v) is 4.10. The summed E-state index contributed by atoms with van der Waals surface area (Å²) in [5.41, 5.74) is 2.24. The van der Waals surface area contributed by atoms with Gasteiger partial charge in [0.05, 0.1) is 17.8 Å². The molecule has 4 heteroatoms. The molecular weight excluding hydrogens is 250 g/mol. The molecule has 0 aliphatic carbocycles. The van der Waals surface area contributed by atoms with Crippen molar-refractivity contribution in [1.29, 1.82) is 0 Å². The van der Waals surface area contributed by atoms with E-state index < -0.39 is 0 Å². The molecule has 0 saturated heterocycles. The van der Waals surface area contributed by atoms with E-state index in [9.17, 15) is 4.79 Å². The quantitative estimate of drug-likeness (QED) is 0.789. The van der Waals surface area contributed by atoms with Gasteiger partial charge in [-0.3, -0.25) is 9.78 Å². The number of rotatable bonds is 4. The largest absolute Gasteiger partial charge is 0.492 e. The number of hydrogen-bond acceptors (Lipinski definition) is 3. The first-order chi connectivity index (χ1) is 8.74. The molecule has 0 aliphatic rings. The molecule has 2 aromatic rings. The zero-order chi connectivity index (χ0) is 13.0. The minimum absolute atomic E-state index is 0.447. The molecule has 0 fully saturated rings. The Kier molecular flexibility index (Phi) is 3.95. The number of ether oxygens (including phenoxy) is 1.